The van der Waals surface area contributed by atoms with Gasteiger partial charge in [0.1, 0.15) is 12.4 Å². The number of aromatic nitrogens is 1. The predicted octanol–water partition coefficient (Wildman–Crippen LogP) is 2.98. The minimum absolute atomic E-state index is 0.0528. The van der Waals surface area contributed by atoms with Crippen LogP contribution in [0.1, 0.15) is 18.9 Å². The van der Waals surface area contributed by atoms with Crippen molar-refractivity contribution in [3.8, 4) is 0 Å². The van der Waals surface area contributed by atoms with E-state index in [1.807, 2.05) is 0 Å². The van der Waals surface area contributed by atoms with E-state index in [2.05, 4.69) is 4.99 Å². The second-order valence-corrected chi connectivity index (χ2v) is 10.0. The number of thiazole rings is 1. The molecule has 3 rings (SSSR count). The highest BCUT2D eigenvalue weighted by Crippen LogP contribution is 2.22. The van der Waals surface area contributed by atoms with Crippen LogP contribution in [-0.2, 0) is 36.5 Å². The Morgan fingerprint density at radius 3 is 2.56 bits per heavy atom. The Bertz CT molecular complexity index is 1320. The molecule has 32 heavy (non-hydrogen) atoms. The largest absolute Gasteiger partial charge is 0.465 e. The Balaban J connectivity index is 1.87. The van der Waals surface area contributed by atoms with Crippen molar-refractivity contribution in [2.45, 2.75) is 25.6 Å². The van der Waals surface area contributed by atoms with Crippen LogP contribution in [0.4, 0.5) is 8.78 Å². The SMILES string of the molecule is CCOC(=O)Cn1c(=NC(=O)CCS(=O)(=O)Cc2ccccc2)sc2cc(F)cc(F)c21. The van der Waals surface area contributed by atoms with Crippen LogP contribution >= 0.6 is 11.3 Å². The Labute approximate surface area is 186 Å². The van der Waals surface area contributed by atoms with E-state index in [1.165, 1.54) is 0 Å². The summed E-state index contributed by atoms with van der Waals surface area (Å²) in [6, 6.07) is 10.3. The quantitative estimate of drug-likeness (QED) is 0.460. The van der Waals surface area contributed by atoms with E-state index in [9.17, 15) is 26.8 Å². The first-order valence-corrected chi connectivity index (χ1v) is 12.3. The molecule has 1 aromatic heterocycles. The summed E-state index contributed by atoms with van der Waals surface area (Å²) in [7, 11) is -3.56. The molecule has 0 radical (unpaired) electrons. The Morgan fingerprint density at radius 2 is 1.88 bits per heavy atom. The topological polar surface area (TPSA) is 94.8 Å². The molecule has 1 amide bonds. The predicted molar refractivity (Wildman–Crippen MR) is 115 cm³/mol. The van der Waals surface area contributed by atoms with Crippen LogP contribution in [0.15, 0.2) is 47.5 Å². The van der Waals surface area contributed by atoms with Crippen molar-refractivity contribution >= 4 is 43.3 Å². The Hall–Kier alpha value is -2.92. The number of carbonyl (C=O) groups is 2. The fourth-order valence-corrected chi connectivity index (χ4v) is 5.42. The summed E-state index contributed by atoms with van der Waals surface area (Å²) in [5.41, 5.74) is 0.513. The second-order valence-electron chi connectivity index (χ2n) is 6.84. The number of amides is 1. The molecule has 0 saturated heterocycles. The maximum absolute atomic E-state index is 14.4. The standard InChI is InChI=1S/C21H20F2N2O5S2/c1-2-30-19(27)12-25-20-16(23)10-15(22)11-17(20)31-21(25)24-18(26)8-9-32(28,29)13-14-6-4-3-5-7-14/h3-7,10-11H,2,8-9,12-13H2,1H3. The molecule has 0 aliphatic heterocycles. The highest BCUT2D eigenvalue weighted by molar-refractivity contribution is 7.90. The number of hydrogen-bond acceptors (Lipinski definition) is 6. The van der Waals surface area contributed by atoms with Gasteiger partial charge in [0, 0.05) is 12.5 Å². The van der Waals surface area contributed by atoms with Crippen molar-refractivity contribution in [3.05, 3.63) is 64.5 Å². The average Bonchev–Trinajstić information content (AvgIpc) is 3.04. The van der Waals surface area contributed by atoms with E-state index in [-0.39, 0.29) is 33.8 Å². The highest BCUT2D eigenvalue weighted by atomic mass is 32.2. The fraction of sp³-hybridized carbons (Fsp3) is 0.286. The van der Waals surface area contributed by atoms with Crippen LogP contribution in [0.2, 0.25) is 0 Å². The van der Waals surface area contributed by atoms with Gasteiger partial charge in [0.25, 0.3) is 0 Å². The van der Waals surface area contributed by atoms with Crippen molar-refractivity contribution in [1.82, 2.24) is 4.57 Å². The molecule has 0 atom stereocenters. The molecule has 0 saturated carbocycles. The number of nitrogens with zero attached hydrogens (tertiary/aromatic N) is 2. The number of fused-ring (bicyclic) bond motifs is 1. The number of sulfone groups is 1. The molecule has 1 heterocycles. The Kier molecular flexibility index (Phi) is 7.52. The first-order chi connectivity index (χ1) is 15.2. The van der Waals surface area contributed by atoms with Gasteiger partial charge in [0.05, 0.1) is 28.3 Å². The number of benzene rings is 2. The van der Waals surface area contributed by atoms with Crippen molar-refractivity contribution < 1.29 is 31.5 Å². The van der Waals surface area contributed by atoms with Crippen molar-refractivity contribution in [1.29, 1.82) is 0 Å². The third-order valence-electron chi connectivity index (χ3n) is 4.36. The smallest absolute Gasteiger partial charge is 0.326 e. The van der Waals surface area contributed by atoms with Gasteiger partial charge in [0.2, 0.25) is 5.91 Å². The molecule has 170 valence electrons. The van der Waals surface area contributed by atoms with Gasteiger partial charge in [-0.2, -0.15) is 4.99 Å². The molecule has 3 aromatic rings. The molecule has 2 aromatic carbocycles. The van der Waals surface area contributed by atoms with Crippen LogP contribution in [0.3, 0.4) is 0 Å². The van der Waals surface area contributed by atoms with E-state index in [4.69, 9.17) is 4.74 Å². The van der Waals surface area contributed by atoms with E-state index >= 15 is 0 Å². The molecule has 0 N–H and O–H groups in total. The summed E-state index contributed by atoms with van der Waals surface area (Å²) in [6.07, 6.45) is -0.389. The zero-order valence-electron chi connectivity index (χ0n) is 17.1. The van der Waals surface area contributed by atoms with Crippen molar-refractivity contribution in [3.63, 3.8) is 0 Å². The molecule has 0 fully saturated rings. The minimum atomic E-state index is -3.56. The molecular weight excluding hydrogens is 462 g/mol. The van der Waals surface area contributed by atoms with Gasteiger partial charge in [0.15, 0.2) is 20.5 Å². The van der Waals surface area contributed by atoms with Gasteiger partial charge >= 0.3 is 5.97 Å². The average molecular weight is 483 g/mol. The lowest BCUT2D eigenvalue weighted by Crippen LogP contribution is -2.24. The summed E-state index contributed by atoms with van der Waals surface area (Å²) < 4.78 is 58.8. The lowest BCUT2D eigenvalue weighted by atomic mass is 10.2. The van der Waals surface area contributed by atoms with Gasteiger partial charge in [-0.25, -0.2) is 17.2 Å². The third kappa shape index (κ3) is 6.07. The number of rotatable bonds is 8. The minimum Gasteiger partial charge on any atom is -0.465 e. The monoisotopic (exact) mass is 482 g/mol. The molecule has 0 unspecified atom stereocenters. The summed E-state index contributed by atoms with van der Waals surface area (Å²) in [5.74, 6) is -3.81. The van der Waals surface area contributed by atoms with E-state index < -0.39 is 45.6 Å². The molecule has 0 aliphatic carbocycles. The maximum atomic E-state index is 14.4. The number of carbonyl (C=O) groups excluding carboxylic acids is 2. The maximum Gasteiger partial charge on any atom is 0.326 e. The van der Waals surface area contributed by atoms with Crippen molar-refractivity contribution in [2.75, 3.05) is 12.4 Å². The molecule has 0 bridgehead atoms. The molecule has 7 nitrogen and oxygen atoms in total. The number of esters is 1. The lowest BCUT2D eigenvalue weighted by molar-refractivity contribution is -0.143. The summed E-state index contributed by atoms with van der Waals surface area (Å²) in [5, 5.41) is 0. The van der Waals surface area contributed by atoms with Gasteiger partial charge in [-0.05, 0) is 18.6 Å². The zero-order valence-corrected chi connectivity index (χ0v) is 18.7. The van der Waals surface area contributed by atoms with E-state index in [0.29, 0.717) is 11.6 Å². The van der Waals surface area contributed by atoms with Crippen molar-refractivity contribution in [2.24, 2.45) is 4.99 Å². The van der Waals surface area contributed by atoms with Gasteiger partial charge in [-0.15, -0.1) is 0 Å². The first kappa shape index (κ1) is 23.7. The number of hydrogen-bond donors (Lipinski definition) is 0. The van der Waals surface area contributed by atoms with Gasteiger partial charge in [-0.1, -0.05) is 41.7 Å². The molecule has 11 heteroatoms. The molecule has 0 spiro atoms. The van der Waals surface area contributed by atoms with Crippen LogP contribution in [0.25, 0.3) is 10.2 Å². The first-order valence-electron chi connectivity index (χ1n) is 9.64. The fourth-order valence-electron chi connectivity index (χ4n) is 3.00. The molecular formula is C21H20F2N2O5S2. The van der Waals surface area contributed by atoms with Crippen LogP contribution < -0.4 is 4.80 Å². The highest BCUT2D eigenvalue weighted by Gasteiger charge is 2.18. The zero-order chi connectivity index (χ0) is 23.3. The lowest BCUT2D eigenvalue weighted by Gasteiger charge is -2.06. The normalized spacial score (nSPS) is 12.3. The van der Waals surface area contributed by atoms with Crippen LogP contribution in [0, 0.1) is 11.6 Å². The summed E-state index contributed by atoms with van der Waals surface area (Å²) in [6.45, 7) is 1.27. The van der Waals surface area contributed by atoms with E-state index in [0.717, 1.165) is 22.0 Å². The van der Waals surface area contributed by atoms with E-state index in [1.54, 1.807) is 37.3 Å². The Morgan fingerprint density at radius 1 is 1.16 bits per heavy atom. The summed E-state index contributed by atoms with van der Waals surface area (Å²) >= 11 is 0.815. The van der Waals surface area contributed by atoms with Crippen LogP contribution in [-0.4, -0.2) is 37.2 Å². The molecule has 0 aliphatic rings. The third-order valence-corrected chi connectivity index (χ3v) is 6.99. The second kappa shape index (κ2) is 10.1. The van der Waals surface area contributed by atoms with Crippen LogP contribution in [0.5, 0.6) is 0 Å². The van der Waals surface area contributed by atoms with Gasteiger partial charge < -0.3 is 9.30 Å². The van der Waals surface area contributed by atoms with Gasteiger partial charge in [-0.3, -0.25) is 9.59 Å². The summed E-state index contributed by atoms with van der Waals surface area (Å²) in [4.78, 5) is 28.2. The number of halogens is 2. The number of ether oxygens (including phenoxy) is 1.